The van der Waals surface area contributed by atoms with Gasteiger partial charge >= 0.3 is 0 Å². The summed E-state index contributed by atoms with van der Waals surface area (Å²) in [4.78, 5) is 30.1. The van der Waals surface area contributed by atoms with Crippen molar-refractivity contribution in [3.63, 3.8) is 0 Å². The van der Waals surface area contributed by atoms with Crippen LogP contribution in [0.4, 0.5) is 0 Å². The lowest BCUT2D eigenvalue weighted by Crippen LogP contribution is -2.51. The van der Waals surface area contributed by atoms with Crippen LogP contribution < -0.4 is 22.1 Å². The van der Waals surface area contributed by atoms with Crippen LogP contribution in [0.5, 0.6) is 0 Å². The monoisotopic (exact) mass is 447 g/mol. The first-order chi connectivity index (χ1) is 16.1. The van der Waals surface area contributed by atoms with E-state index in [-0.39, 0.29) is 11.8 Å². The van der Waals surface area contributed by atoms with Gasteiger partial charge in [0, 0.05) is 18.1 Å². The molecular weight excluding hydrogens is 414 g/mol. The van der Waals surface area contributed by atoms with E-state index in [1.807, 2.05) is 60.7 Å². The first kappa shape index (κ1) is 24.4. The predicted octanol–water partition coefficient (Wildman–Crippen LogP) is 2.42. The Balaban J connectivity index is 1.62. The number of nitrogens with one attached hydrogen (secondary N) is 2. The predicted molar refractivity (Wildman–Crippen MR) is 131 cm³/mol. The average molecular weight is 448 g/mol. The summed E-state index contributed by atoms with van der Waals surface area (Å²) in [7, 11) is 0. The number of fused-ring (bicyclic) bond motifs is 1. The molecule has 7 heteroatoms. The Labute approximate surface area is 195 Å². The molecule has 0 saturated heterocycles. The number of nitrogens with two attached hydrogens (primary N) is 2. The first-order valence-electron chi connectivity index (χ1n) is 11.5. The molecule has 2 amide bonds. The zero-order chi connectivity index (χ0) is 23.5. The smallest absolute Gasteiger partial charge is 0.242 e. The average Bonchev–Trinajstić information content (AvgIpc) is 2.85. The molecule has 1 aromatic heterocycles. The van der Waals surface area contributed by atoms with E-state index < -0.39 is 12.1 Å². The molecule has 0 aliphatic rings. The highest BCUT2D eigenvalue weighted by Gasteiger charge is 2.23. The van der Waals surface area contributed by atoms with Gasteiger partial charge < -0.3 is 22.1 Å². The maximum Gasteiger partial charge on any atom is 0.242 e. The zero-order valence-corrected chi connectivity index (χ0v) is 18.9. The maximum absolute atomic E-state index is 13.0. The summed E-state index contributed by atoms with van der Waals surface area (Å²) >= 11 is 0. The number of carbonyl (C=O) groups excluding carboxylic acids is 2. The normalized spacial score (nSPS) is 12.8. The molecule has 0 aliphatic heterocycles. The van der Waals surface area contributed by atoms with E-state index in [0.29, 0.717) is 32.4 Å². The van der Waals surface area contributed by atoms with Gasteiger partial charge in [0.05, 0.1) is 11.6 Å². The second-order valence-electron chi connectivity index (χ2n) is 8.23. The number of nitrogens with zero attached hydrogens (tertiary/aromatic N) is 1. The summed E-state index contributed by atoms with van der Waals surface area (Å²) in [6.45, 7) is 0.900. The second-order valence-corrected chi connectivity index (χ2v) is 8.23. The summed E-state index contributed by atoms with van der Waals surface area (Å²) in [5.74, 6) is -0.547. The summed E-state index contributed by atoms with van der Waals surface area (Å²) in [5.41, 5.74) is 14.5. The molecule has 0 spiro atoms. The number of hydrogen-bond acceptors (Lipinski definition) is 5. The molecule has 0 aliphatic carbocycles. The summed E-state index contributed by atoms with van der Waals surface area (Å²) < 4.78 is 0. The molecule has 2 aromatic carbocycles. The van der Waals surface area contributed by atoms with E-state index in [0.717, 1.165) is 34.9 Å². The third kappa shape index (κ3) is 7.66. The largest absolute Gasteiger partial charge is 0.350 e. The van der Waals surface area contributed by atoms with Crippen molar-refractivity contribution in [1.82, 2.24) is 15.6 Å². The Kier molecular flexibility index (Phi) is 9.35. The van der Waals surface area contributed by atoms with Crippen molar-refractivity contribution < 1.29 is 9.59 Å². The molecule has 1 heterocycles. The van der Waals surface area contributed by atoms with Gasteiger partial charge in [-0.3, -0.25) is 14.6 Å². The number of carbonyl (C=O) groups is 2. The van der Waals surface area contributed by atoms with Gasteiger partial charge in [0.2, 0.25) is 11.8 Å². The Morgan fingerprint density at radius 1 is 0.909 bits per heavy atom. The molecule has 0 bridgehead atoms. The fourth-order valence-electron chi connectivity index (χ4n) is 3.67. The quantitative estimate of drug-likeness (QED) is 0.318. The van der Waals surface area contributed by atoms with Gasteiger partial charge in [0.15, 0.2) is 0 Å². The third-order valence-electron chi connectivity index (χ3n) is 5.62. The second kappa shape index (κ2) is 12.7. The van der Waals surface area contributed by atoms with E-state index in [4.69, 9.17) is 11.5 Å². The molecule has 0 unspecified atom stereocenters. The van der Waals surface area contributed by atoms with E-state index >= 15 is 0 Å². The molecular formula is C26H33N5O2. The van der Waals surface area contributed by atoms with Crippen LogP contribution in [0, 0.1) is 0 Å². The molecule has 7 nitrogen and oxygen atoms in total. The number of aromatic nitrogens is 1. The van der Waals surface area contributed by atoms with Crippen LogP contribution >= 0.6 is 0 Å². The lowest BCUT2D eigenvalue weighted by molar-refractivity contribution is -0.130. The van der Waals surface area contributed by atoms with Gasteiger partial charge in [-0.25, -0.2) is 0 Å². The van der Waals surface area contributed by atoms with Crippen LogP contribution in [0.1, 0.15) is 36.8 Å². The number of rotatable bonds is 12. The lowest BCUT2D eigenvalue weighted by atomic mass is 10.0. The highest BCUT2D eigenvalue weighted by Crippen LogP contribution is 2.13. The van der Waals surface area contributed by atoms with Gasteiger partial charge in [0.1, 0.15) is 6.04 Å². The first-order valence-corrected chi connectivity index (χ1v) is 11.5. The van der Waals surface area contributed by atoms with Crippen molar-refractivity contribution in [2.24, 2.45) is 11.5 Å². The number of pyridine rings is 1. The standard InChI is InChI=1S/C26H33N5O2/c27-15-7-6-11-22(28)25(32)31-24(14-13-19-8-2-1-3-9-19)26(33)30-18-20-16-21-10-4-5-12-23(21)29-17-20/h1-5,8-10,12,16-17,22,24H,6-7,11,13-15,18,27-28H2,(H,30,33)(H,31,32)/t22-,24-/m1/s1. The van der Waals surface area contributed by atoms with Crippen LogP contribution in [-0.2, 0) is 22.6 Å². The molecule has 3 aromatic rings. The number of aryl methyl sites for hydroxylation is 1. The van der Waals surface area contributed by atoms with Gasteiger partial charge in [-0.1, -0.05) is 55.0 Å². The Bertz CT molecular complexity index is 1040. The Morgan fingerprint density at radius 3 is 2.45 bits per heavy atom. The topological polar surface area (TPSA) is 123 Å². The van der Waals surface area contributed by atoms with E-state index in [1.54, 1.807) is 6.20 Å². The van der Waals surface area contributed by atoms with Gasteiger partial charge in [-0.15, -0.1) is 0 Å². The van der Waals surface area contributed by atoms with Crippen LogP contribution in [0.3, 0.4) is 0 Å². The van der Waals surface area contributed by atoms with Crippen molar-refractivity contribution in [3.05, 3.63) is 78.0 Å². The molecule has 33 heavy (non-hydrogen) atoms. The number of para-hydroxylation sites is 1. The van der Waals surface area contributed by atoms with Crippen LogP contribution in [0.2, 0.25) is 0 Å². The van der Waals surface area contributed by atoms with E-state index in [2.05, 4.69) is 15.6 Å². The van der Waals surface area contributed by atoms with Crippen molar-refractivity contribution in [3.8, 4) is 0 Å². The van der Waals surface area contributed by atoms with Crippen LogP contribution in [0.15, 0.2) is 66.9 Å². The lowest BCUT2D eigenvalue weighted by Gasteiger charge is -2.21. The molecule has 0 radical (unpaired) electrons. The number of amides is 2. The molecule has 3 rings (SSSR count). The summed E-state index contributed by atoms with van der Waals surface area (Å²) in [5, 5.41) is 6.82. The van der Waals surface area contributed by atoms with Gasteiger partial charge in [0.25, 0.3) is 0 Å². The van der Waals surface area contributed by atoms with Crippen molar-refractivity contribution in [1.29, 1.82) is 0 Å². The van der Waals surface area contributed by atoms with Crippen LogP contribution in [-0.4, -0.2) is 35.4 Å². The highest BCUT2D eigenvalue weighted by molar-refractivity contribution is 5.89. The molecule has 0 saturated carbocycles. The number of unbranched alkanes of at least 4 members (excludes halogenated alkanes) is 1. The van der Waals surface area contributed by atoms with Gasteiger partial charge in [-0.05, 0) is 55.5 Å². The number of benzene rings is 2. The minimum absolute atomic E-state index is 0.235. The Hall–Kier alpha value is -3.29. The van der Waals surface area contributed by atoms with Crippen molar-refractivity contribution in [2.45, 2.75) is 50.7 Å². The highest BCUT2D eigenvalue weighted by atomic mass is 16.2. The zero-order valence-electron chi connectivity index (χ0n) is 18.9. The van der Waals surface area contributed by atoms with E-state index in [1.165, 1.54) is 0 Å². The fourth-order valence-corrected chi connectivity index (χ4v) is 3.67. The Morgan fingerprint density at radius 2 is 1.67 bits per heavy atom. The fraction of sp³-hybridized carbons (Fsp3) is 0.346. The molecule has 6 N–H and O–H groups in total. The van der Waals surface area contributed by atoms with Gasteiger partial charge in [-0.2, -0.15) is 0 Å². The van der Waals surface area contributed by atoms with Crippen molar-refractivity contribution in [2.75, 3.05) is 6.54 Å². The third-order valence-corrected chi connectivity index (χ3v) is 5.62. The van der Waals surface area contributed by atoms with Crippen LogP contribution in [0.25, 0.3) is 10.9 Å². The maximum atomic E-state index is 13.0. The minimum Gasteiger partial charge on any atom is -0.350 e. The molecule has 174 valence electrons. The minimum atomic E-state index is -0.674. The van der Waals surface area contributed by atoms with Crippen molar-refractivity contribution >= 4 is 22.7 Å². The molecule has 0 fully saturated rings. The summed E-state index contributed by atoms with van der Waals surface area (Å²) in [6, 6.07) is 18.4. The SMILES string of the molecule is NCCCC[C@@H](N)C(=O)N[C@H](CCc1ccccc1)C(=O)NCc1cnc2ccccc2c1. The number of hydrogen-bond donors (Lipinski definition) is 4. The summed E-state index contributed by atoms with van der Waals surface area (Å²) in [6.07, 6.45) is 5.04. The van der Waals surface area contributed by atoms with E-state index in [9.17, 15) is 9.59 Å². The molecule has 2 atom stereocenters.